The predicted octanol–water partition coefficient (Wildman–Crippen LogP) is 4.04. The van der Waals surface area contributed by atoms with Crippen molar-refractivity contribution in [2.24, 2.45) is 17.6 Å². The molecule has 0 spiro atoms. The Hall–Kier alpha value is -2.15. The Morgan fingerprint density at radius 3 is 2.30 bits per heavy atom. The summed E-state index contributed by atoms with van der Waals surface area (Å²) in [7, 11) is 0. The zero-order chi connectivity index (χ0) is 22.7. The lowest BCUT2D eigenvalue weighted by molar-refractivity contribution is -0.162. The van der Waals surface area contributed by atoms with Crippen LogP contribution in [0.25, 0.3) is 0 Å². The summed E-state index contributed by atoms with van der Waals surface area (Å²) in [5.74, 6) is -1.47. The van der Waals surface area contributed by atoms with Crippen molar-refractivity contribution in [2.75, 3.05) is 13.1 Å². The minimum absolute atomic E-state index is 0.0899. The Morgan fingerprint density at radius 2 is 1.73 bits per heavy atom. The number of halogens is 1. The third-order valence-electron chi connectivity index (χ3n) is 4.97. The summed E-state index contributed by atoms with van der Waals surface area (Å²) >= 11 is 0. The highest BCUT2D eigenvalue weighted by atomic mass is 19.1. The normalized spacial score (nSPS) is 18.3. The third kappa shape index (κ3) is 6.69. The van der Waals surface area contributed by atoms with Gasteiger partial charge >= 0.3 is 12.1 Å². The number of amides is 1. The Labute approximate surface area is 178 Å². The highest BCUT2D eigenvalue weighted by molar-refractivity contribution is 5.74. The maximum atomic E-state index is 14.8. The lowest BCUT2D eigenvalue weighted by Gasteiger charge is -2.28. The first-order chi connectivity index (χ1) is 13.8. The van der Waals surface area contributed by atoms with Crippen LogP contribution in [0.1, 0.15) is 59.1 Å². The van der Waals surface area contributed by atoms with Crippen LogP contribution in [0.5, 0.6) is 0 Å². The van der Waals surface area contributed by atoms with Gasteiger partial charge in [0, 0.05) is 25.2 Å². The van der Waals surface area contributed by atoms with Crippen LogP contribution in [0, 0.1) is 17.7 Å². The monoisotopic (exact) mass is 422 g/mol. The van der Waals surface area contributed by atoms with E-state index >= 15 is 0 Å². The van der Waals surface area contributed by atoms with E-state index in [1.807, 2.05) is 20.8 Å². The predicted molar refractivity (Wildman–Crippen MR) is 113 cm³/mol. The summed E-state index contributed by atoms with van der Waals surface area (Å²) in [4.78, 5) is 27.1. The van der Waals surface area contributed by atoms with E-state index in [-0.39, 0.29) is 30.7 Å². The zero-order valence-corrected chi connectivity index (χ0v) is 19.0. The molecular formula is C23H35FN2O4. The zero-order valence-electron chi connectivity index (χ0n) is 19.0. The van der Waals surface area contributed by atoms with Crippen LogP contribution in [-0.4, -0.2) is 41.3 Å². The number of likely N-dealkylation sites (tertiary alicyclic amines) is 1. The maximum absolute atomic E-state index is 14.8. The van der Waals surface area contributed by atoms with E-state index in [1.165, 1.54) is 0 Å². The lowest BCUT2D eigenvalue weighted by Crippen LogP contribution is -2.38. The SMILES string of the molecule is CC(C)(C)OC(=O)[C@@H](Cc1cccc(CN)c1F)[C@H]1CCN(C(=O)OC(C)(C)C)C1. The molecule has 0 aromatic heterocycles. The van der Waals surface area contributed by atoms with E-state index in [0.717, 1.165) is 0 Å². The molecule has 1 aliphatic rings. The molecule has 0 aliphatic carbocycles. The van der Waals surface area contributed by atoms with Crippen LogP contribution >= 0.6 is 0 Å². The van der Waals surface area contributed by atoms with Crippen molar-refractivity contribution in [2.45, 2.75) is 72.1 Å². The van der Waals surface area contributed by atoms with E-state index in [2.05, 4.69) is 0 Å². The van der Waals surface area contributed by atoms with Crippen LogP contribution in [0.3, 0.4) is 0 Å². The van der Waals surface area contributed by atoms with Crippen LogP contribution < -0.4 is 5.73 Å². The molecule has 0 radical (unpaired) electrons. The van der Waals surface area contributed by atoms with Gasteiger partial charge in [0.2, 0.25) is 0 Å². The van der Waals surface area contributed by atoms with E-state index < -0.39 is 23.2 Å². The molecule has 7 heteroatoms. The molecule has 1 aliphatic heterocycles. The Morgan fingerprint density at radius 1 is 1.13 bits per heavy atom. The Bertz CT molecular complexity index is 767. The van der Waals surface area contributed by atoms with Gasteiger partial charge in [-0.2, -0.15) is 0 Å². The Balaban J connectivity index is 2.23. The lowest BCUT2D eigenvalue weighted by atomic mass is 9.85. The molecule has 1 saturated heterocycles. The van der Waals surface area contributed by atoms with Crippen molar-refractivity contribution in [3.05, 3.63) is 35.1 Å². The van der Waals surface area contributed by atoms with Gasteiger partial charge in [0.15, 0.2) is 0 Å². The van der Waals surface area contributed by atoms with Crippen molar-refractivity contribution in [1.82, 2.24) is 4.90 Å². The maximum Gasteiger partial charge on any atom is 0.410 e. The number of carbonyl (C=O) groups is 2. The first-order valence-electron chi connectivity index (χ1n) is 10.5. The number of ether oxygens (including phenoxy) is 2. The molecule has 1 aromatic rings. The molecule has 1 heterocycles. The molecule has 2 atom stereocenters. The average molecular weight is 423 g/mol. The largest absolute Gasteiger partial charge is 0.460 e. The second-order valence-electron chi connectivity index (χ2n) is 9.91. The van der Waals surface area contributed by atoms with Gasteiger partial charge in [-0.15, -0.1) is 0 Å². The van der Waals surface area contributed by atoms with Crippen LogP contribution in [0.2, 0.25) is 0 Å². The van der Waals surface area contributed by atoms with E-state index in [1.54, 1.807) is 43.9 Å². The molecule has 2 rings (SSSR count). The smallest absolute Gasteiger partial charge is 0.410 e. The van der Waals surface area contributed by atoms with Gasteiger partial charge in [-0.05, 0) is 65.9 Å². The van der Waals surface area contributed by atoms with Crippen molar-refractivity contribution in [3.63, 3.8) is 0 Å². The minimum atomic E-state index is -0.656. The highest BCUT2D eigenvalue weighted by Crippen LogP contribution is 2.31. The number of hydrogen-bond acceptors (Lipinski definition) is 5. The highest BCUT2D eigenvalue weighted by Gasteiger charge is 2.39. The summed E-state index contributed by atoms with van der Waals surface area (Å²) < 4.78 is 25.9. The fraction of sp³-hybridized carbons (Fsp3) is 0.652. The van der Waals surface area contributed by atoms with Gasteiger partial charge in [0.25, 0.3) is 0 Å². The van der Waals surface area contributed by atoms with Crippen molar-refractivity contribution >= 4 is 12.1 Å². The van der Waals surface area contributed by atoms with Crippen LogP contribution in [-0.2, 0) is 27.2 Å². The number of hydrogen-bond donors (Lipinski definition) is 1. The number of benzene rings is 1. The van der Waals surface area contributed by atoms with E-state index in [0.29, 0.717) is 30.6 Å². The topological polar surface area (TPSA) is 81.9 Å². The molecule has 1 amide bonds. The van der Waals surface area contributed by atoms with Gasteiger partial charge in [-0.25, -0.2) is 9.18 Å². The Kier molecular flexibility index (Phi) is 7.50. The molecule has 0 bridgehead atoms. The third-order valence-corrected chi connectivity index (χ3v) is 4.97. The van der Waals surface area contributed by atoms with E-state index in [9.17, 15) is 14.0 Å². The molecule has 168 valence electrons. The van der Waals surface area contributed by atoms with E-state index in [4.69, 9.17) is 15.2 Å². The van der Waals surface area contributed by atoms with Crippen LogP contribution in [0.15, 0.2) is 18.2 Å². The summed E-state index contributed by atoms with van der Waals surface area (Å²) in [5, 5.41) is 0. The second-order valence-corrected chi connectivity index (χ2v) is 9.91. The van der Waals surface area contributed by atoms with Crippen molar-refractivity contribution in [1.29, 1.82) is 0 Å². The van der Waals surface area contributed by atoms with Crippen molar-refractivity contribution in [3.8, 4) is 0 Å². The molecule has 2 N–H and O–H groups in total. The molecule has 30 heavy (non-hydrogen) atoms. The quantitative estimate of drug-likeness (QED) is 0.724. The molecule has 0 unspecified atom stereocenters. The number of nitrogens with two attached hydrogens (primary N) is 1. The minimum Gasteiger partial charge on any atom is -0.460 e. The number of esters is 1. The molecule has 1 fully saturated rings. The summed E-state index contributed by atoms with van der Waals surface area (Å²) in [6.07, 6.45) is 0.423. The van der Waals surface area contributed by atoms with Gasteiger partial charge in [-0.1, -0.05) is 18.2 Å². The van der Waals surface area contributed by atoms with Crippen LogP contribution in [0.4, 0.5) is 9.18 Å². The number of nitrogens with zero attached hydrogens (tertiary/aromatic N) is 1. The standard InChI is InChI=1S/C23H35FN2O4/c1-22(2,3)29-20(27)18(12-15-8-7-9-16(13-25)19(15)24)17-10-11-26(14-17)21(28)30-23(4,5)6/h7-9,17-18H,10-14,25H2,1-6H3/t17-,18-/m0/s1. The fourth-order valence-corrected chi connectivity index (χ4v) is 3.61. The number of rotatable bonds is 5. The van der Waals surface area contributed by atoms with Gasteiger partial charge in [0.05, 0.1) is 5.92 Å². The second kappa shape index (κ2) is 9.33. The number of carbonyl (C=O) groups excluding carboxylic acids is 2. The van der Waals surface area contributed by atoms with Gasteiger partial charge < -0.3 is 20.1 Å². The van der Waals surface area contributed by atoms with Gasteiger partial charge in [0.1, 0.15) is 17.0 Å². The first-order valence-corrected chi connectivity index (χ1v) is 10.5. The molecular weight excluding hydrogens is 387 g/mol. The first kappa shape index (κ1) is 24.1. The molecule has 6 nitrogen and oxygen atoms in total. The average Bonchev–Trinajstić information content (AvgIpc) is 3.07. The molecule has 0 saturated carbocycles. The summed E-state index contributed by atoms with van der Waals surface area (Å²) in [5.41, 5.74) is 5.23. The fourth-order valence-electron chi connectivity index (χ4n) is 3.61. The summed E-state index contributed by atoms with van der Waals surface area (Å²) in [6, 6.07) is 5.06. The summed E-state index contributed by atoms with van der Waals surface area (Å²) in [6.45, 7) is 11.8. The van der Waals surface area contributed by atoms with Gasteiger partial charge in [-0.3, -0.25) is 4.79 Å². The van der Waals surface area contributed by atoms with Crippen molar-refractivity contribution < 1.29 is 23.5 Å². The molecule has 1 aromatic carbocycles.